The molecule has 1 atom stereocenters. The number of halogens is 1. The fourth-order valence-corrected chi connectivity index (χ4v) is 2.79. The Morgan fingerprint density at radius 3 is 2.56 bits per heavy atom. The summed E-state index contributed by atoms with van der Waals surface area (Å²) in [6.07, 6.45) is 1.86. The maximum Gasteiger partial charge on any atom is 0.222 e. The van der Waals surface area contributed by atoms with Crippen LogP contribution in [0.5, 0.6) is 0 Å². The monoisotopic (exact) mass is 275 g/mol. The lowest BCUT2D eigenvalue weighted by atomic mass is 10.1. The number of amides is 1. The maximum atomic E-state index is 12.0. The van der Waals surface area contributed by atoms with Gasteiger partial charge in [-0.05, 0) is 12.3 Å². The van der Waals surface area contributed by atoms with E-state index in [0.29, 0.717) is 24.3 Å². The van der Waals surface area contributed by atoms with Gasteiger partial charge in [0, 0.05) is 51.7 Å². The third kappa shape index (κ3) is 4.11. The van der Waals surface area contributed by atoms with Crippen molar-refractivity contribution >= 4 is 18.3 Å². The number of piperazine rings is 1. The van der Waals surface area contributed by atoms with Crippen LogP contribution in [0.2, 0.25) is 0 Å². The minimum Gasteiger partial charge on any atom is -0.341 e. The Balaban J connectivity index is 0.00000162. The van der Waals surface area contributed by atoms with Crippen molar-refractivity contribution in [2.75, 3.05) is 39.3 Å². The van der Waals surface area contributed by atoms with E-state index in [1.54, 1.807) is 0 Å². The lowest BCUT2D eigenvalue weighted by Gasteiger charge is -2.32. The van der Waals surface area contributed by atoms with Crippen LogP contribution in [0.15, 0.2) is 0 Å². The van der Waals surface area contributed by atoms with Gasteiger partial charge < -0.3 is 10.2 Å². The van der Waals surface area contributed by atoms with E-state index in [2.05, 4.69) is 29.0 Å². The van der Waals surface area contributed by atoms with Crippen LogP contribution in [0, 0.1) is 5.92 Å². The van der Waals surface area contributed by atoms with Gasteiger partial charge in [-0.25, -0.2) is 0 Å². The van der Waals surface area contributed by atoms with Gasteiger partial charge in [0.25, 0.3) is 0 Å². The molecule has 0 aromatic carbocycles. The number of nitrogens with one attached hydrogen (secondary N) is 1. The van der Waals surface area contributed by atoms with Crippen molar-refractivity contribution in [2.24, 2.45) is 5.92 Å². The van der Waals surface area contributed by atoms with Crippen LogP contribution < -0.4 is 5.32 Å². The van der Waals surface area contributed by atoms with Crippen LogP contribution in [0.4, 0.5) is 0 Å². The molecule has 0 radical (unpaired) electrons. The number of likely N-dealkylation sites (tertiary alicyclic amines) is 1. The summed E-state index contributed by atoms with van der Waals surface area (Å²) in [4.78, 5) is 16.6. The Labute approximate surface area is 116 Å². The molecule has 0 aromatic rings. The normalized spacial score (nSPS) is 25.3. The molecule has 1 N–H and O–H groups in total. The fraction of sp³-hybridized carbons (Fsp3) is 0.923. The van der Waals surface area contributed by atoms with Crippen molar-refractivity contribution in [3.8, 4) is 0 Å². The Hall–Kier alpha value is -0.320. The summed E-state index contributed by atoms with van der Waals surface area (Å²) in [5, 5.41) is 3.38. The summed E-state index contributed by atoms with van der Waals surface area (Å²) in [7, 11) is 0. The smallest absolute Gasteiger partial charge is 0.222 e. The molecule has 2 saturated heterocycles. The van der Waals surface area contributed by atoms with Crippen LogP contribution in [0.1, 0.15) is 26.7 Å². The highest BCUT2D eigenvalue weighted by Crippen LogP contribution is 2.18. The average Bonchev–Trinajstić information content (AvgIpc) is 2.78. The van der Waals surface area contributed by atoms with Crippen LogP contribution in [0.3, 0.4) is 0 Å². The van der Waals surface area contributed by atoms with E-state index in [0.717, 1.165) is 45.7 Å². The Morgan fingerprint density at radius 2 is 1.94 bits per heavy atom. The lowest BCUT2D eigenvalue weighted by molar-refractivity contribution is -0.131. The average molecular weight is 276 g/mol. The van der Waals surface area contributed by atoms with E-state index in [4.69, 9.17) is 0 Å². The topological polar surface area (TPSA) is 35.6 Å². The van der Waals surface area contributed by atoms with Crippen molar-refractivity contribution in [3.63, 3.8) is 0 Å². The zero-order chi connectivity index (χ0) is 12.3. The number of nitrogens with zero attached hydrogens (tertiary/aromatic N) is 2. The largest absolute Gasteiger partial charge is 0.341 e. The Bertz CT molecular complexity index is 267. The second-order valence-electron chi connectivity index (χ2n) is 5.67. The van der Waals surface area contributed by atoms with Crippen molar-refractivity contribution in [2.45, 2.75) is 32.7 Å². The second-order valence-corrected chi connectivity index (χ2v) is 5.67. The molecule has 1 amide bonds. The first-order valence-electron chi connectivity index (χ1n) is 6.89. The summed E-state index contributed by atoms with van der Waals surface area (Å²) < 4.78 is 0. The first-order valence-corrected chi connectivity index (χ1v) is 6.89. The van der Waals surface area contributed by atoms with E-state index in [1.807, 2.05) is 0 Å². The molecule has 0 aliphatic carbocycles. The molecule has 0 saturated carbocycles. The molecule has 0 bridgehead atoms. The fourth-order valence-electron chi connectivity index (χ4n) is 2.79. The van der Waals surface area contributed by atoms with Crippen molar-refractivity contribution in [1.29, 1.82) is 0 Å². The number of carbonyl (C=O) groups excluding carboxylic acids is 1. The first kappa shape index (κ1) is 15.7. The van der Waals surface area contributed by atoms with Gasteiger partial charge in [0.1, 0.15) is 0 Å². The standard InChI is InChI=1S/C13H25N3O.ClH/c1-11(2)9-13(17)16-6-3-12(10-16)15-7-4-14-5-8-15;/h11-12,14H,3-10H2,1-2H3;1H. The zero-order valence-electron chi connectivity index (χ0n) is 11.5. The molecule has 4 nitrogen and oxygen atoms in total. The molecule has 0 spiro atoms. The van der Waals surface area contributed by atoms with Gasteiger partial charge >= 0.3 is 0 Å². The molecular formula is C13H26ClN3O. The van der Waals surface area contributed by atoms with E-state index in [1.165, 1.54) is 0 Å². The number of hydrogen-bond acceptors (Lipinski definition) is 3. The van der Waals surface area contributed by atoms with E-state index in [-0.39, 0.29) is 12.4 Å². The van der Waals surface area contributed by atoms with Crippen molar-refractivity contribution < 1.29 is 4.79 Å². The van der Waals surface area contributed by atoms with E-state index < -0.39 is 0 Å². The molecule has 1 unspecified atom stereocenters. The lowest BCUT2D eigenvalue weighted by Crippen LogP contribution is -2.49. The molecule has 2 aliphatic heterocycles. The quantitative estimate of drug-likeness (QED) is 0.833. The second kappa shape index (κ2) is 7.31. The van der Waals surface area contributed by atoms with Crippen LogP contribution >= 0.6 is 12.4 Å². The summed E-state index contributed by atoms with van der Waals surface area (Å²) >= 11 is 0. The Morgan fingerprint density at radius 1 is 1.28 bits per heavy atom. The van der Waals surface area contributed by atoms with Crippen LogP contribution in [-0.2, 0) is 4.79 Å². The molecule has 106 valence electrons. The molecule has 2 fully saturated rings. The molecule has 5 heteroatoms. The molecule has 0 aromatic heterocycles. The highest BCUT2D eigenvalue weighted by Gasteiger charge is 2.30. The summed E-state index contributed by atoms with van der Waals surface area (Å²) in [5.41, 5.74) is 0. The first-order chi connectivity index (χ1) is 8.16. The predicted octanol–water partition coefficient (Wildman–Crippen LogP) is 0.960. The maximum absolute atomic E-state index is 12.0. The van der Waals surface area contributed by atoms with E-state index in [9.17, 15) is 4.79 Å². The SMILES string of the molecule is CC(C)CC(=O)N1CCC(N2CCNCC2)C1.Cl. The number of carbonyl (C=O) groups is 1. The Kier molecular flexibility index (Phi) is 6.39. The van der Waals surface area contributed by atoms with Crippen molar-refractivity contribution in [1.82, 2.24) is 15.1 Å². The third-order valence-electron chi connectivity index (χ3n) is 3.77. The van der Waals surface area contributed by atoms with Gasteiger partial charge in [0.2, 0.25) is 5.91 Å². The van der Waals surface area contributed by atoms with Gasteiger partial charge in [-0.3, -0.25) is 9.69 Å². The molecule has 2 rings (SSSR count). The van der Waals surface area contributed by atoms with Crippen LogP contribution in [-0.4, -0.2) is 61.0 Å². The third-order valence-corrected chi connectivity index (χ3v) is 3.77. The molecule has 18 heavy (non-hydrogen) atoms. The number of hydrogen-bond donors (Lipinski definition) is 1. The van der Waals surface area contributed by atoms with E-state index >= 15 is 0 Å². The van der Waals surface area contributed by atoms with Crippen molar-refractivity contribution in [3.05, 3.63) is 0 Å². The predicted molar refractivity (Wildman–Crippen MR) is 76.1 cm³/mol. The molecule has 2 aliphatic rings. The van der Waals surface area contributed by atoms with Gasteiger partial charge in [0.05, 0.1) is 0 Å². The molecule has 2 heterocycles. The summed E-state index contributed by atoms with van der Waals surface area (Å²) in [6.45, 7) is 10.6. The highest BCUT2D eigenvalue weighted by atomic mass is 35.5. The van der Waals surface area contributed by atoms with Gasteiger partial charge in [-0.2, -0.15) is 0 Å². The number of rotatable bonds is 3. The van der Waals surface area contributed by atoms with Crippen LogP contribution in [0.25, 0.3) is 0 Å². The zero-order valence-corrected chi connectivity index (χ0v) is 12.3. The minimum absolute atomic E-state index is 0. The summed E-state index contributed by atoms with van der Waals surface area (Å²) in [6, 6.07) is 0.605. The summed E-state index contributed by atoms with van der Waals surface area (Å²) in [5.74, 6) is 0.818. The van der Waals surface area contributed by atoms with Gasteiger partial charge in [-0.1, -0.05) is 13.8 Å². The van der Waals surface area contributed by atoms with Gasteiger partial charge in [-0.15, -0.1) is 12.4 Å². The minimum atomic E-state index is 0. The van der Waals surface area contributed by atoms with Gasteiger partial charge in [0.15, 0.2) is 0 Å². The molecular weight excluding hydrogens is 250 g/mol. The highest BCUT2D eigenvalue weighted by molar-refractivity contribution is 5.85.